The van der Waals surface area contributed by atoms with Crippen LogP contribution in [0.1, 0.15) is 0 Å². The average Bonchev–Trinajstić information content (AvgIpc) is 2.81. The molecule has 6 nitrogen and oxygen atoms in total. The molecule has 0 spiro atoms. The van der Waals surface area contributed by atoms with E-state index in [0.717, 1.165) is 11.1 Å². The normalized spacial score (nSPS) is 16.2. The molecule has 4 aromatic rings. The molecule has 1 atom stereocenters. The van der Waals surface area contributed by atoms with Crippen LogP contribution < -0.4 is 19.9 Å². The van der Waals surface area contributed by atoms with Crippen LogP contribution >= 0.6 is 7.37 Å². The van der Waals surface area contributed by atoms with Crippen molar-refractivity contribution in [3.63, 3.8) is 0 Å². The Labute approximate surface area is 177 Å². The summed E-state index contributed by atoms with van der Waals surface area (Å²) in [5.41, 5.74) is 1.76. The Kier molecular flexibility index (Phi) is 4.42. The molecule has 1 unspecified atom stereocenters. The second kappa shape index (κ2) is 7.27. The molecule has 0 radical (unpaired) electrons. The minimum atomic E-state index is -3.77. The van der Waals surface area contributed by atoms with Crippen molar-refractivity contribution >= 4 is 40.5 Å². The first-order valence-electron chi connectivity index (χ1n) is 9.36. The number of hydrogen-bond donors (Lipinski definition) is 0. The Bertz CT molecular complexity index is 1500. The van der Waals surface area contributed by atoms with E-state index >= 15 is 0 Å². The number of para-hydroxylation sites is 1. The van der Waals surface area contributed by atoms with E-state index in [9.17, 15) is 9.36 Å². The van der Waals surface area contributed by atoms with E-state index in [0.29, 0.717) is 21.8 Å². The van der Waals surface area contributed by atoms with Crippen LogP contribution in [0.5, 0.6) is 11.5 Å². The van der Waals surface area contributed by atoms with Gasteiger partial charge in [-0.05, 0) is 23.8 Å². The standard InChI is InChI=1S/C24H13N2O4P/c25-14-29-21-13-23(24(26-15-27)19-10-2-1-8-17(19)21)31(28)22-12-6-4-9-18(22)16-7-3-5-11-20(16)30-31/h1-13H. The van der Waals surface area contributed by atoms with Crippen LogP contribution in [0.4, 0.5) is 5.69 Å². The number of rotatable bonds is 3. The molecule has 1 aliphatic heterocycles. The molecular weight excluding hydrogens is 411 g/mol. The zero-order chi connectivity index (χ0) is 21.4. The van der Waals surface area contributed by atoms with Gasteiger partial charge in [0.05, 0.1) is 16.3 Å². The van der Waals surface area contributed by atoms with Crippen LogP contribution in [0.3, 0.4) is 0 Å². The van der Waals surface area contributed by atoms with Gasteiger partial charge >= 0.3 is 7.37 Å². The van der Waals surface area contributed by atoms with E-state index < -0.39 is 7.37 Å². The van der Waals surface area contributed by atoms with Crippen LogP contribution in [0.15, 0.2) is 83.9 Å². The zero-order valence-corrected chi connectivity index (χ0v) is 16.9. The fourth-order valence-electron chi connectivity index (χ4n) is 3.93. The largest absolute Gasteiger partial charge is 0.436 e. The second-order valence-electron chi connectivity index (χ2n) is 6.84. The Morgan fingerprint density at radius 3 is 2.32 bits per heavy atom. The number of benzene rings is 4. The number of nitrogens with zero attached hydrogens (tertiary/aromatic N) is 2. The molecule has 0 N–H and O–H groups in total. The van der Waals surface area contributed by atoms with Crippen molar-refractivity contribution in [2.45, 2.75) is 0 Å². The lowest BCUT2D eigenvalue weighted by atomic mass is 10.0. The molecule has 1 heterocycles. The molecule has 1 aliphatic rings. The van der Waals surface area contributed by atoms with E-state index in [1.165, 1.54) is 6.07 Å². The second-order valence-corrected chi connectivity index (χ2v) is 9.09. The van der Waals surface area contributed by atoms with Gasteiger partial charge < -0.3 is 9.26 Å². The van der Waals surface area contributed by atoms with Crippen molar-refractivity contribution in [3.05, 3.63) is 78.9 Å². The molecule has 148 valence electrons. The SMILES string of the molecule is N#COc1cc(P2(=O)Oc3ccccc3-c3ccccc32)c(N=C=O)c2ccccc12. The van der Waals surface area contributed by atoms with Gasteiger partial charge in [-0.25, -0.2) is 4.79 Å². The maximum Gasteiger partial charge on any atom is 0.309 e. The minimum absolute atomic E-state index is 0.168. The van der Waals surface area contributed by atoms with Gasteiger partial charge in [0, 0.05) is 16.3 Å². The van der Waals surface area contributed by atoms with Gasteiger partial charge in [-0.2, -0.15) is 4.99 Å². The van der Waals surface area contributed by atoms with Crippen LogP contribution in [-0.4, -0.2) is 6.08 Å². The Morgan fingerprint density at radius 1 is 0.871 bits per heavy atom. The number of fused-ring (bicyclic) bond motifs is 4. The fraction of sp³-hybridized carbons (Fsp3) is 0. The molecule has 0 amide bonds. The van der Waals surface area contributed by atoms with E-state index in [2.05, 4.69) is 4.99 Å². The minimum Gasteiger partial charge on any atom is -0.436 e. The third kappa shape index (κ3) is 2.85. The summed E-state index contributed by atoms with van der Waals surface area (Å²) in [5, 5.41) is 10.9. The highest BCUT2D eigenvalue weighted by Gasteiger charge is 2.40. The molecule has 31 heavy (non-hydrogen) atoms. The number of isocyanates is 1. The van der Waals surface area contributed by atoms with E-state index in [-0.39, 0.29) is 16.7 Å². The lowest BCUT2D eigenvalue weighted by molar-refractivity contribution is 0.500. The third-order valence-electron chi connectivity index (χ3n) is 5.21. The number of aliphatic imine (C=N–C) groups is 1. The molecule has 7 heteroatoms. The Morgan fingerprint density at radius 2 is 1.55 bits per heavy atom. The topological polar surface area (TPSA) is 88.8 Å². The number of nitriles is 1. The fourth-order valence-corrected chi connectivity index (χ4v) is 6.35. The summed E-state index contributed by atoms with van der Waals surface area (Å²) in [4.78, 5) is 15.2. The highest BCUT2D eigenvalue weighted by molar-refractivity contribution is 7.75. The predicted molar refractivity (Wildman–Crippen MR) is 117 cm³/mol. The summed E-state index contributed by atoms with van der Waals surface area (Å²) in [5.74, 6) is 0.662. The first-order chi connectivity index (χ1) is 15.2. The molecular formula is C24H13N2O4P. The van der Waals surface area contributed by atoms with Gasteiger partial charge in [0.25, 0.3) is 6.26 Å². The molecule has 5 rings (SSSR count). The Balaban J connectivity index is 1.90. The zero-order valence-electron chi connectivity index (χ0n) is 16.0. The Hall–Kier alpha value is -4.16. The van der Waals surface area contributed by atoms with Crippen molar-refractivity contribution < 1.29 is 18.6 Å². The van der Waals surface area contributed by atoms with Gasteiger partial charge in [-0.3, -0.25) is 4.57 Å². The van der Waals surface area contributed by atoms with Crippen molar-refractivity contribution in [1.29, 1.82) is 5.26 Å². The third-order valence-corrected chi connectivity index (χ3v) is 7.67. The lowest BCUT2D eigenvalue weighted by Crippen LogP contribution is -2.25. The van der Waals surface area contributed by atoms with Gasteiger partial charge in [0.2, 0.25) is 6.08 Å². The van der Waals surface area contributed by atoms with Gasteiger partial charge in [-0.15, -0.1) is 5.26 Å². The first kappa shape index (κ1) is 18.8. The summed E-state index contributed by atoms with van der Waals surface area (Å²) in [7, 11) is -3.77. The summed E-state index contributed by atoms with van der Waals surface area (Å²) >= 11 is 0. The van der Waals surface area contributed by atoms with E-state index in [1.54, 1.807) is 60.9 Å². The predicted octanol–water partition coefficient (Wildman–Crippen LogP) is 4.96. The molecule has 0 aromatic heterocycles. The van der Waals surface area contributed by atoms with Crippen molar-refractivity contribution in [2.24, 2.45) is 4.99 Å². The van der Waals surface area contributed by atoms with Crippen molar-refractivity contribution in [2.75, 3.05) is 0 Å². The van der Waals surface area contributed by atoms with Gasteiger partial charge in [-0.1, -0.05) is 60.7 Å². The highest BCUT2D eigenvalue weighted by Crippen LogP contribution is 2.56. The van der Waals surface area contributed by atoms with E-state index in [4.69, 9.17) is 14.5 Å². The quantitative estimate of drug-likeness (QED) is 0.201. The summed E-state index contributed by atoms with van der Waals surface area (Å²) in [6, 6.07) is 23.0. The first-order valence-corrected chi connectivity index (χ1v) is 11.0. The lowest BCUT2D eigenvalue weighted by Gasteiger charge is -2.29. The van der Waals surface area contributed by atoms with Crippen LogP contribution in [0, 0.1) is 11.5 Å². The highest BCUT2D eigenvalue weighted by atomic mass is 31.2. The molecule has 0 bridgehead atoms. The smallest absolute Gasteiger partial charge is 0.309 e. The number of ether oxygens (including phenoxy) is 1. The van der Waals surface area contributed by atoms with E-state index in [1.807, 2.05) is 24.3 Å². The van der Waals surface area contributed by atoms with Crippen molar-refractivity contribution in [3.8, 4) is 28.9 Å². The maximum absolute atomic E-state index is 14.6. The number of hydrogen-bond acceptors (Lipinski definition) is 6. The maximum atomic E-state index is 14.6. The summed E-state index contributed by atoms with van der Waals surface area (Å²) < 4.78 is 25.9. The molecule has 0 aliphatic carbocycles. The molecule has 0 fully saturated rings. The van der Waals surface area contributed by atoms with Gasteiger partial charge in [0.1, 0.15) is 5.75 Å². The summed E-state index contributed by atoms with van der Waals surface area (Å²) in [6.45, 7) is 0. The van der Waals surface area contributed by atoms with Crippen molar-refractivity contribution in [1.82, 2.24) is 0 Å². The van der Waals surface area contributed by atoms with Crippen LogP contribution in [0.25, 0.3) is 21.9 Å². The van der Waals surface area contributed by atoms with Crippen LogP contribution in [-0.2, 0) is 9.36 Å². The monoisotopic (exact) mass is 424 g/mol. The molecule has 0 saturated carbocycles. The van der Waals surface area contributed by atoms with Crippen LogP contribution in [0.2, 0.25) is 0 Å². The molecule has 0 saturated heterocycles. The van der Waals surface area contributed by atoms with Gasteiger partial charge in [0.15, 0.2) is 5.75 Å². The summed E-state index contributed by atoms with van der Waals surface area (Å²) in [6.07, 6.45) is 3.23. The number of carbonyl (C=O) groups excluding carboxylic acids is 1. The average molecular weight is 424 g/mol. The molecule has 4 aromatic carbocycles.